The summed E-state index contributed by atoms with van der Waals surface area (Å²) in [5, 5.41) is 0. The first kappa shape index (κ1) is 13.2. The van der Waals surface area contributed by atoms with Crippen LogP contribution in [-0.4, -0.2) is 17.3 Å². The lowest BCUT2D eigenvalue weighted by atomic mass is 10.1. The van der Waals surface area contributed by atoms with Gasteiger partial charge in [0.2, 0.25) is 0 Å². The quantitative estimate of drug-likeness (QED) is 0.847. The van der Waals surface area contributed by atoms with Gasteiger partial charge in [0.15, 0.2) is 0 Å². The minimum absolute atomic E-state index is 0.261. The molecule has 0 spiro atoms. The predicted octanol–water partition coefficient (Wildman–Crippen LogP) is 3.17. The molecule has 3 heteroatoms. The van der Waals surface area contributed by atoms with E-state index in [1.165, 1.54) is 56.1 Å². The molecule has 0 amide bonds. The van der Waals surface area contributed by atoms with Crippen LogP contribution in [0, 0.1) is 0 Å². The van der Waals surface area contributed by atoms with Gasteiger partial charge >= 0.3 is 0 Å². The van der Waals surface area contributed by atoms with E-state index in [1.807, 2.05) is 0 Å². The Kier molecular flexibility index (Phi) is 4.24. The van der Waals surface area contributed by atoms with Gasteiger partial charge in [-0.15, -0.1) is 0 Å². The van der Waals surface area contributed by atoms with E-state index in [9.17, 15) is 0 Å². The molecule has 2 N–H and O–H groups in total. The highest BCUT2D eigenvalue weighted by atomic mass is 16.5. The molecular formula is C16H26N2O. The van der Waals surface area contributed by atoms with Crippen molar-refractivity contribution in [2.45, 2.75) is 70.1 Å². The molecule has 1 aliphatic carbocycles. The van der Waals surface area contributed by atoms with Gasteiger partial charge in [0, 0.05) is 31.6 Å². The molecule has 3 rings (SSSR count). The van der Waals surface area contributed by atoms with Gasteiger partial charge in [0.25, 0.3) is 0 Å². The van der Waals surface area contributed by atoms with Crippen molar-refractivity contribution in [2.75, 3.05) is 6.61 Å². The first-order chi connectivity index (χ1) is 9.33. The summed E-state index contributed by atoms with van der Waals surface area (Å²) in [7, 11) is 0. The van der Waals surface area contributed by atoms with Crippen LogP contribution in [0.25, 0.3) is 0 Å². The highest BCUT2D eigenvalue weighted by Crippen LogP contribution is 2.28. The second kappa shape index (κ2) is 6.10. The Labute approximate surface area is 116 Å². The Morgan fingerprint density at radius 1 is 1.21 bits per heavy atom. The maximum atomic E-state index is 6.25. The number of nitrogens with two attached hydrogens (primary N) is 1. The van der Waals surface area contributed by atoms with Gasteiger partial charge in [-0.05, 0) is 56.1 Å². The molecule has 0 radical (unpaired) electrons. The lowest BCUT2D eigenvalue weighted by Gasteiger charge is -2.10. The number of hydrogen-bond donors (Lipinski definition) is 1. The van der Waals surface area contributed by atoms with E-state index in [0.717, 1.165) is 19.6 Å². The summed E-state index contributed by atoms with van der Waals surface area (Å²) in [4.78, 5) is 0. The Bertz CT molecular complexity index is 407. The molecule has 1 aromatic heterocycles. The van der Waals surface area contributed by atoms with Gasteiger partial charge in [0.05, 0.1) is 6.10 Å². The van der Waals surface area contributed by atoms with Crippen molar-refractivity contribution in [1.82, 2.24) is 4.57 Å². The number of rotatable bonds is 4. The van der Waals surface area contributed by atoms with E-state index in [-0.39, 0.29) is 6.04 Å². The minimum Gasteiger partial charge on any atom is -0.378 e. The summed E-state index contributed by atoms with van der Waals surface area (Å²) in [5.41, 5.74) is 9.14. The summed E-state index contributed by atoms with van der Waals surface area (Å²) in [6, 6.07) is 0.261. The molecular weight excluding hydrogens is 236 g/mol. The van der Waals surface area contributed by atoms with Gasteiger partial charge in [0.1, 0.15) is 0 Å². The van der Waals surface area contributed by atoms with Crippen LogP contribution in [0.4, 0.5) is 0 Å². The zero-order valence-corrected chi connectivity index (χ0v) is 11.8. The van der Waals surface area contributed by atoms with Crippen LogP contribution < -0.4 is 5.73 Å². The zero-order valence-electron chi connectivity index (χ0n) is 11.8. The fraction of sp³-hybridized carbons (Fsp3) is 0.750. The molecule has 19 heavy (non-hydrogen) atoms. The summed E-state index contributed by atoms with van der Waals surface area (Å²) in [6.45, 7) is 2.08. The van der Waals surface area contributed by atoms with Crippen LogP contribution in [0.15, 0.2) is 12.4 Å². The van der Waals surface area contributed by atoms with Crippen molar-refractivity contribution in [3.05, 3.63) is 23.5 Å². The largest absolute Gasteiger partial charge is 0.378 e. The Morgan fingerprint density at radius 2 is 2.16 bits per heavy atom. The molecule has 1 aromatic rings. The van der Waals surface area contributed by atoms with E-state index < -0.39 is 0 Å². The molecule has 0 bridgehead atoms. The fourth-order valence-electron chi connectivity index (χ4n) is 3.45. The van der Waals surface area contributed by atoms with Crippen molar-refractivity contribution < 1.29 is 4.74 Å². The lowest BCUT2D eigenvalue weighted by Crippen LogP contribution is -2.09. The minimum atomic E-state index is 0.261. The van der Waals surface area contributed by atoms with Crippen molar-refractivity contribution in [3.63, 3.8) is 0 Å². The molecule has 2 atom stereocenters. The van der Waals surface area contributed by atoms with Crippen LogP contribution >= 0.6 is 0 Å². The highest BCUT2D eigenvalue weighted by Gasteiger charge is 2.18. The molecule has 106 valence electrons. The predicted molar refractivity (Wildman–Crippen MR) is 77.1 cm³/mol. The lowest BCUT2D eigenvalue weighted by molar-refractivity contribution is 0.101. The van der Waals surface area contributed by atoms with E-state index >= 15 is 0 Å². The molecule has 1 fully saturated rings. The standard InChI is InChI=1S/C16H26N2O/c17-16-8-2-1-5-13-11-18(12-15(13)16)9-3-6-14-7-4-10-19-14/h11-12,14,16H,1-10,17H2. The molecule has 1 saturated heterocycles. The first-order valence-electron chi connectivity index (χ1n) is 7.88. The number of hydrogen-bond acceptors (Lipinski definition) is 2. The van der Waals surface area contributed by atoms with Gasteiger partial charge in [-0.25, -0.2) is 0 Å². The van der Waals surface area contributed by atoms with Crippen molar-refractivity contribution in [2.24, 2.45) is 5.73 Å². The fourth-order valence-corrected chi connectivity index (χ4v) is 3.45. The normalized spacial score (nSPS) is 27.2. The van der Waals surface area contributed by atoms with Crippen LogP contribution in [0.1, 0.15) is 62.1 Å². The highest BCUT2D eigenvalue weighted by molar-refractivity contribution is 5.28. The molecule has 2 aliphatic rings. The second-order valence-electron chi connectivity index (χ2n) is 6.11. The van der Waals surface area contributed by atoms with Crippen LogP contribution in [0.2, 0.25) is 0 Å². The Hall–Kier alpha value is -0.800. The zero-order chi connectivity index (χ0) is 13.1. The molecule has 0 aromatic carbocycles. The van der Waals surface area contributed by atoms with Crippen LogP contribution in [-0.2, 0) is 17.7 Å². The number of ether oxygens (including phenoxy) is 1. The summed E-state index contributed by atoms with van der Waals surface area (Å²) < 4.78 is 8.03. The molecule has 3 nitrogen and oxygen atoms in total. The van der Waals surface area contributed by atoms with Gasteiger partial charge in [-0.1, -0.05) is 6.42 Å². The van der Waals surface area contributed by atoms with E-state index in [4.69, 9.17) is 10.5 Å². The number of nitrogens with zero attached hydrogens (tertiary/aromatic N) is 1. The molecule has 2 heterocycles. The van der Waals surface area contributed by atoms with Gasteiger partial charge in [-0.3, -0.25) is 0 Å². The average Bonchev–Trinajstić information content (AvgIpc) is 3.01. The third kappa shape index (κ3) is 3.21. The van der Waals surface area contributed by atoms with Gasteiger partial charge < -0.3 is 15.0 Å². The first-order valence-corrected chi connectivity index (χ1v) is 7.88. The van der Waals surface area contributed by atoms with E-state index in [1.54, 1.807) is 0 Å². The summed E-state index contributed by atoms with van der Waals surface area (Å²) >= 11 is 0. The SMILES string of the molecule is NC1CCCCc2cn(CCCC3CCCO3)cc21. The topological polar surface area (TPSA) is 40.2 Å². The van der Waals surface area contributed by atoms with Crippen molar-refractivity contribution in [3.8, 4) is 0 Å². The maximum absolute atomic E-state index is 6.25. The maximum Gasteiger partial charge on any atom is 0.0576 e. The van der Waals surface area contributed by atoms with E-state index in [0.29, 0.717) is 6.10 Å². The van der Waals surface area contributed by atoms with Crippen molar-refractivity contribution >= 4 is 0 Å². The van der Waals surface area contributed by atoms with E-state index in [2.05, 4.69) is 17.0 Å². The monoisotopic (exact) mass is 262 g/mol. The second-order valence-corrected chi connectivity index (χ2v) is 6.11. The number of aryl methyl sites for hydroxylation is 2. The molecule has 1 aliphatic heterocycles. The van der Waals surface area contributed by atoms with Gasteiger partial charge in [-0.2, -0.15) is 0 Å². The summed E-state index contributed by atoms with van der Waals surface area (Å²) in [6.07, 6.45) is 15.0. The smallest absolute Gasteiger partial charge is 0.0576 e. The molecule has 0 saturated carbocycles. The van der Waals surface area contributed by atoms with Crippen LogP contribution in [0.3, 0.4) is 0 Å². The summed E-state index contributed by atoms with van der Waals surface area (Å²) in [5.74, 6) is 0. The van der Waals surface area contributed by atoms with Crippen LogP contribution in [0.5, 0.6) is 0 Å². The number of fused-ring (bicyclic) bond motifs is 1. The third-order valence-electron chi connectivity index (χ3n) is 4.57. The van der Waals surface area contributed by atoms with Crippen molar-refractivity contribution in [1.29, 1.82) is 0 Å². The number of aromatic nitrogens is 1. The molecule has 2 unspecified atom stereocenters. The Balaban J connectivity index is 1.55. The third-order valence-corrected chi connectivity index (χ3v) is 4.57. The average molecular weight is 262 g/mol. The Morgan fingerprint density at radius 3 is 3.00 bits per heavy atom.